The quantitative estimate of drug-likeness (QED) is 0.885. The van der Waals surface area contributed by atoms with Gasteiger partial charge in [0, 0.05) is 12.5 Å². The Morgan fingerprint density at radius 2 is 2.16 bits per heavy atom. The molecule has 3 nitrogen and oxygen atoms in total. The largest absolute Gasteiger partial charge is 0.342 e. The van der Waals surface area contributed by atoms with Crippen LogP contribution in [0.25, 0.3) is 11.3 Å². The molecule has 1 aromatic carbocycles. The topological polar surface area (TPSA) is 40.7 Å². The molecule has 0 amide bonds. The van der Waals surface area contributed by atoms with Gasteiger partial charge in [-0.05, 0) is 56.0 Å². The van der Waals surface area contributed by atoms with Gasteiger partial charge in [0.05, 0.1) is 11.9 Å². The van der Waals surface area contributed by atoms with Gasteiger partial charge in [-0.1, -0.05) is 12.1 Å². The summed E-state index contributed by atoms with van der Waals surface area (Å²) in [6, 6.07) is 7.15. The molecule has 1 aromatic heterocycles. The lowest BCUT2D eigenvalue weighted by Crippen LogP contribution is -2.24. The summed E-state index contributed by atoms with van der Waals surface area (Å²) < 4.78 is 0. The summed E-state index contributed by atoms with van der Waals surface area (Å²) >= 11 is 0. The van der Waals surface area contributed by atoms with Crippen LogP contribution in [0.3, 0.4) is 0 Å². The molecule has 1 aliphatic rings. The fourth-order valence-electron chi connectivity index (χ4n) is 2.69. The van der Waals surface area contributed by atoms with Gasteiger partial charge in [0.25, 0.3) is 0 Å². The highest BCUT2D eigenvalue weighted by atomic mass is 15.0. The van der Waals surface area contributed by atoms with E-state index in [0.717, 1.165) is 24.5 Å². The Morgan fingerprint density at radius 1 is 1.26 bits per heavy atom. The van der Waals surface area contributed by atoms with Crippen LogP contribution in [0.1, 0.15) is 29.8 Å². The van der Waals surface area contributed by atoms with E-state index < -0.39 is 0 Å². The van der Waals surface area contributed by atoms with Gasteiger partial charge in [0.1, 0.15) is 5.82 Å². The Balaban J connectivity index is 1.78. The molecule has 2 aromatic rings. The van der Waals surface area contributed by atoms with E-state index in [1.807, 2.05) is 6.20 Å². The van der Waals surface area contributed by atoms with E-state index in [-0.39, 0.29) is 0 Å². The van der Waals surface area contributed by atoms with E-state index in [2.05, 4.69) is 47.3 Å². The molecule has 0 spiro atoms. The number of nitrogens with zero attached hydrogens (tertiary/aromatic N) is 1. The molecule has 100 valence electrons. The van der Waals surface area contributed by atoms with Crippen molar-refractivity contribution in [3.63, 3.8) is 0 Å². The monoisotopic (exact) mass is 255 g/mol. The van der Waals surface area contributed by atoms with Crippen LogP contribution in [0.5, 0.6) is 0 Å². The summed E-state index contributed by atoms with van der Waals surface area (Å²) in [6.45, 7) is 5.44. The number of aromatic nitrogens is 2. The first-order valence-corrected chi connectivity index (χ1v) is 7.07. The average molecular weight is 255 g/mol. The summed E-state index contributed by atoms with van der Waals surface area (Å²) in [5.41, 5.74) is 5.00. The van der Waals surface area contributed by atoms with E-state index >= 15 is 0 Å². The summed E-state index contributed by atoms with van der Waals surface area (Å²) in [4.78, 5) is 7.96. The Morgan fingerprint density at radius 3 is 2.89 bits per heavy atom. The lowest BCUT2D eigenvalue weighted by Gasteiger charge is -2.07. The molecule has 1 unspecified atom stereocenters. The fourth-order valence-corrected chi connectivity index (χ4v) is 2.69. The van der Waals surface area contributed by atoms with Crippen LogP contribution in [-0.4, -0.2) is 22.6 Å². The van der Waals surface area contributed by atoms with E-state index in [1.54, 1.807) is 0 Å². The standard InChI is InChI=1S/C16H21N3/c1-11-5-6-13(8-12(11)2)15-10-18-16(19-15)9-14-4-3-7-17-14/h5-6,8,10,14,17H,3-4,7,9H2,1-2H3,(H,18,19). The predicted molar refractivity (Wildman–Crippen MR) is 78.2 cm³/mol. The first-order valence-electron chi connectivity index (χ1n) is 7.07. The number of aryl methyl sites for hydroxylation is 2. The third-order valence-corrected chi connectivity index (χ3v) is 4.05. The molecule has 2 N–H and O–H groups in total. The molecule has 19 heavy (non-hydrogen) atoms. The van der Waals surface area contributed by atoms with Crippen molar-refractivity contribution >= 4 is 0 Å². The van der Waals surface area contributed by atoms with Crippen molar-refractivity contribution < 1.29 is 0 Å². The van der Waals surface area contributed by atoms with Crippen LogP contribution < -0.4 is 5.32 Å². The molecular formula is C16H21N3. The van der Waals surface area contributed by atoms with Crippen molar-refractivity contribution in [2.24, 2.45) is 0 Å². The van der Waals surface area contributed by atoms with Crippen molar-refractivity contribution in [1.29, 1.82) is 0 Å². The van der Waals surface area contributed by atoms with Crippen LogP contribution >= 0.6 is 0 Å². The molecule has 1 saturated heterocycles. The number of rotatable bonds is 3. The van der Waals surface area contributed by atoms with E-state index in [9.17, 15) is 0 Å². The first kappa shape index (κ1) is 12.4. The summed E-state index contributed by atoms with van der Waals surface area (Å²) in [5, 5.41) is 3.51. The molecule has 3 heteroatoms. The summed E-state index contributed by atoms with van der Waals surface area (Å²) in [5.74, 6) is 1.09. The van der Waals surface area contributed by atoms with Gasteiger partial charge in [-0.3, -0.25) is 0 Å². The number of hydrogen-bond donors (Lipinski definition) is 2. The minimum Gasteiger partial charge on any atom is -0.342 e. The van der Waals surface area contributed by atoms with Crippen molar-refractivity contribution in [2.75, 3.05) is 6.54 Å². The number of hydrogen-bond acceptors (Lipinski definition) is 2. The van der Waals surface area contributed by atoms with Crippen LogP contribution in [0.4, 0.5) is 0 Å². The van der Waals surface area contributed by atoms with Crippen LogP contribution in [0, 0.1) is 13.8 Å². The maximum Gasteiger partial charge on any atom is 0.108 e. The second kappa shape index (κ2) is 5.17. The number of imidazole rings is 1. The highest BCUT2D eigenvalue weighted by Gasteiger charge is 2.16. The molecule has 1 aliphatic heterocycles. The highest BCUT2D eigenvalue weighted by molar-refractivity contribution is 5.60. The van der Waals surface area contributed by atoms with Gasteiger partial charge in [-0.15, -0.1) is 0 Å². The number of aromatic amines is 1. The Kier molecular flexibility index (Phi) is 3.38. The van der Waals surface area contributed by atoms with E-state index in [1.165, 1.54) is 29.5 Å². The fraction of sp³-hybridized carbons (Fsp3) is 0.438. The lowest BCUT2D eigenvalue weighted by molar-refractivity contribution is 0.589. The SMILES string of the molecule is Cc1ccc(-c2cnc(CC3CCCN3)[nH]2)cc1C. The Bertz CT molecular complexity index is 565. The van der Waals surface area contributed by atoms with Crippen LogP contribution in [0.2, 0.25) is 0 Å². The highest BCUT2D eigenvalue weighted by Crippen LogP contribution is 2.21. The second-order valence-electron chi connectivity index (χ2n) is 5.54. The molecule has 2 heterocycles. The zero-order valence-corrected chi connectivity index (χ0v) is 11.7. The molecule has 0 radical (unpaired) electrons. The van der Waals surface area contributed by atoms with Gasteiger partial charge in [-0.25, -0.2) is 4.98 Å². The van der Waals surface area contributed by atoms with Crippen LogP contribution in [-0.2, 0) is 6.42 Å². The Labute approximate surface area is 114 Å². The van der Waals surface area contributed by atoms with Crippen molar-refractivity contribution in [3.05, 3.63) is 41.3 Å². The van der Waals surface area contributed by atoms with Crippen molar-refractivity contribution in [3.8, 4) is 11.3 Å². The van der Waals surface area contributed by atoms with E-state index in [0.29, 0.717) is 6.04 Å². The van der Waals surface area contributed by atoms with Gasteiger partial charge >= 0.3 is 0 Å². The third-order valence-electron chi connectivity index (χ3n) is 4.05. The van der Waals surface area contributed by atoms with Gasteiger partial charge < -0.3 is 10.3 Å². The third kappa shape index (κ3) is 2.71. The van der Waals surface area contributed by atoms with Crippen LogP contribution in [0.15, 0.2) is 24.4 Å². The molecule has 1 atom stereocenters. The van der Waals surface area contributed by atoms with Gasteiger partial charge in [0.2, 0.25) is 0 Å². The molecule has 0 aliphatic carbocycles. The molecule has 1 fully saturated rings. The second-order valence-corrected chi connectivity index (χ2v) is 5.54. The minimum absolute atomic E-state index is 0.596. The predicted octanol–water partition coefficient (Wildman–Crippen LogP) is 2.99. The molecule has 3 rings (SSSR count). The van der Waals surface area contributed by atoms with E-state index in [4.69, 9.17) is 0 Å². The lowest BCUT2D eigenvalue weighted by atomic mass is 10.0. The van der Waals surface area contributed by atoms with Gasteiger partial charge in [0.15, 0.2) is 0 Å². The van der Waals surface area contributed by atoms with Gasteiger partial charge in [-0.2, -0.15) is 0 Å². The van der Waals surface area contributed by atoms with Crippen molar-refractivity contribution in [1.82, 2.24) is 15.3 Å². The number of nitrogens with one attached hydrogen (secondary N) is 2. The average Bonchev–Trinajstić information content (AvgIpc) is 3.05. The number of benzene rings is 1. The smallest absolute Gasteiger partial charge is 0.108 e. The zero-order valence-electron chi connectivity index (χ0n) is 11.7. The minimum atomic E-state index is 0.596. The molecule has 0 bridgehead atoms. The zero-order chi connectivity index (χ0) is 13.2. The normalized spacial score (nSPS) is 18.9. The first-order chi connectivity index (χ1) is 9.22. The number of H-pyrrole nitrogens is 1. The van der Waals surface area contributed by atoms with Crippen molar-refractivity contribution in [2.45, 2.75) is 39.2 Å². The maximum atomic E-state index is 4.51. The Hall–Kier alpha value is -1.61. The summed E-state index contributed by atoms with van der Waals surface area (Å²) in [7, 11) is 0. The molecule has 0 saturated carbocycles. The molecular weight excluding hydrogens is 234 g/mol. The summed E-state index contributed by atoms with van der Waals surface area (Å²) in [6.07, 6.45) is 5.51. The maximum absolute atomic E-state index is 4.51.